The van der Waals surface area contributed by atoms with Gasteiger partial charge in [0.1, 0.15) is 5.69 Å². The van der Waals surface area contributed by atoms with Crippen molar-refractivity contribution < 1.29 is 13.8 Å². The highest BCUT2D eigenvalue weighted by atomic mass is 16.5. The summed E-state index contributed by atoms with van der Waals surface area (Å²) in [6, 6.07) is 13.1. The fourth-order valence-electron chi connectivity index (χ4n) is 3.11. The van der Waals surface area contributed by atoms with Crippen molar-refractivity contribution in [2.75, 3.05) is 6.54 Å². The molecule has 2 aromatic heterocycles. The number of rotatable bonds is 3. The Morgan fingerprint density at radius 2 is 2.00 bits per heavy atom. The van der Waals surface area contributed by atoms with Crippen LogP contribution in [0.25, 0.3) is 11.3 Å². The molecule has 4 rings (SSSR count). The van der Waals surface area contributed by atoms with Crippen LogP contribution in [-0.4, -0.2) is 27.7 Å². The number of amides is 1. The molecular formula is C18H17N3O3. The number of aryl methyl sites for hydroxylation is 1. The highest BCUT2D eigenvalue weighted by Gasteiger charge is 2.34. The van der Waals surface area contributed by atoms with E-state index in [2.05, 4.69) is 10.3 Å². The average Bonchev–Trinajstić information content (AvgIpc) is 3.35. The van der Waals surface area contributed by atoms with Crippen molar-refractivity contribution in [3.05, 3.63) is 59.7 Å². The molecule has 0 N–H and O–H groups in total. The third-order valence-corrected chi connectivity index (χ3v) is 4.28. The van der Waals surface area contributed by atoms with Gasteiger partial charge in [-0.15, -0.1) is 0 Å². The minimum Gasteiger partial charge on any atom is -0.359 e. The van der Waals surface area contributed by atoms with Crippen molar-refractivity contribution in [2.24, 2.45) is 0 Å². The molecule has 122 valence electrons. The van der Waals surface area contributed by atoms with E-state index < -0.39 is 0 Å². The molecule has 1 fully saturated rings. The number of carbonyl (C=O) groups excluding carboxylic acids is 1. The Balaban J connectivity index is 1.58. The standard InChI is InChI=1S/C18H17N3O3/c1-12-10-16(23-19-12)15-8-5-9-21(15)18(22)17-11-14(20-24-17)13-6-3-2-4-7-13/h2-4,6-7,10-11,15H,5,8-9H2,1H3/t15-/m0/s1. The minimum atomic E-state index is -0.166. The van der Waals surface area contributed by atoms with E-state index in [0.29, 0.717) is 12.2 Å². The molecule has 1 atom stereocenters. The topological polar surface area (TPSA) is 72.4 Å². The normalized spacial score (nSPS) is 17.4. The molecule has 0 spiro atoms. The largest absolute Gasteiger partial charge is 0.359 e. The van der Waals surface area contributed by atoms with Gasteiger partial charge in [0.15, 0.2) is 5.76 Å². The van der Waals surface area contributed by atoms with Gasteiger partial charge in [-0.05, 0) is 19.8 Å². The van der Waals surface area contributed by atoms with E-state index in [-0.39, 0.29) is 17.7 Å². The van der Waals surface area contributed by atoms with Crippen LogP contribution in [0.5, 0.6) is 0 Å². The van der Waals surface area contributed by atoms with Crippen LogP contribution in [-0.2, 0) is 0 Å². The maximum absolute atomic E-state index is 12.8. The summed E-state index contributed by atoms with van der Waals surface area (Å²) in [6.07, 6.45) is 1.79. The molecule has 1 saturated heterocycles. The maximum Gasteiger partial charge on any atom is 0.293 e. The Kier molecular flexibility index (Phi) is 3.65. The van der Waals surface area contributed by atoms with Crippen LogP contribution in [0.3, 0.4) is 0 Å². The first kappa shape index (κ1) is 14.7. The highest BCUT2D eigenvalue weighted by molar-refractivity contribution is 5.92. The van der Waals surface area contributed by atoms with E-state index >= 15 is 0 Å². The van der Waals surface area contributed by atoms with Crippen molar-refractivity contribution in [1.82, 2.24) is 15.2 Å². The van der Waals surface area contributed by atoms with Crippen LogP contribution in [0.4, 0.5) is 0 Å². The number of hydrogen-bond acceptors (Lipinski definition) is 5. The molecule has 0 saturated carbocycles. The van der Waals surface area contributed by atoms with Crippen molar-refractivity contribution in [3.8, 4) is 11.3 Å². The summed E-state index contributed by atoms with van der Waals surface area (Å²) in [6.45, 7) is 2.54. The van der Waals surface area contributed by atoms with Crippen LogP contribution >= 0.6 is 0 Å². The molecule has 1 amide bonds. The number of aromatic nitrogens is 2. The lowest BCUT2D eigenvalue weighted by Gasteiger charge is -2.20. The molecular weight excluding hydrogens is 306 g/mol. The molecule has 1 aliphatic rings. The van der Waals surface area contributed by atoms with Gasteiger partial charge in [-0.3, -0.25) is 4.79 Å². The van der Waals surface area contributed by atoms with Gasteiger partial charge in [-0.2, -0.15) is 0 Å². The van der Waals surface area contributed by atoms with E-state index in [1.54, 1.807) is 11.0 Å². The summed E-state index contributed by atoms with van der Waals surface area (Å²) in [7, 11) is 0. The number of carbonyl (C=O) groups is 1. The second-order valence-electron chi connectivity index (χ2n) is 5.97. The summed E-state index contributed by atoms with van der Waals surface area (Å²) < 4.78 is 10.6. The predicted octanol–water partition coefficient (Wildman–Crippen LogP) is 3.62. The summed E-state index contributed by atoms with van der Waals surface area (Å²) in [5, 5.41) is 7.95. The molecule has 1 aromatic carbocycles. The number of likely N-dealkylation sites (tertiary alicyclic amines) is 1. The zero-order valence-electron chi connectivity index (χ0n) is 13.3. The van der Waals surface area contributed by atoms with E-state index in [1.165, 1.54) is 0 Å². The monoisotopic (exact) mass is 323 g/mol. The second kappa shape index (κ2) is 5.96. The van der Waals surface area contributed by atoms with Gasteiger partial charge in [0.05, 0.1) is 11.7 Å². The summed E-state index contributed by atoms with van der Waals surface area (Å²) in [5.74, 6) is 0.805. The Hall–Kier alpha value is -2.89. The van der Waals surface area contributed by atoms with Crippen molar-refractivity contribution >= 4 is 5.91 Å². The molecule has 3 heterocycles. The SMILES string of the molecule is Cc1cc([C@@H]2CCCN2C(=O)c2cc(-c3ccccc3)no2)on1. The average molecular weight is 323 g/mol. The molecule has 0 unspecified atom stereocenters. The van der Waals surface area contributed by atoms with E-state index in [4.69, 9.17) is 9.05 Å². The number of nitrogens with zero attached hydrogens (tertiary/aromatic N) is 3. The minimum absolute atomic E-state index is 0.0935. The van der Waals surface area contributed by atoms with Crippen LogP contribution in [0, 0.1) is 6.92 Å². The Labute approximate surface area is 139 Å². The van der Waals surface area contributed by atoms with Crippen LogP contribution in [0.15, 0.2) is 51.5 Å². The van der Waals surface area contributed by atoms with Crippen molar-refractivity contribution in [2.45, 2.75) is 25.8 Å². The van der Waals surface area contributed by atoms with Gasteiger partial charge >= 0.3 is 0 Å². The highest BCUT2D eigenvalue weighted by Crippen LogP contribution is 2.33. The van der Waals surface area contributed by atoms with Crippen LogP contribution in [0.2, 0.25) is 0 Å². The van der Waals surface area contributed by atoms with Gasteiger partial charge in [-0.25, -0.2) is 0 Å². The fourth-order valence-corrected chi connectivity index (χ4v) is 3.11. The third-order valence-electron chi connectivity index (χ3n) is 4.28. The molecule has 6 nitrogen and oxygen atoms in total. The quantitative estimate of drug-likeness (QED) is 0.736. The smallest absolute Gasteiger partial charge is 0.293 e. The number of hydrogen-bond donors (Lipinski definition) is 0. The van der Waals surface area contributed by atoms with Crippen LogP contribution < -0.4 is 0 Å². The first-order chi connectivity index (χ1) is 11.7. The van der Waals surface area contributed by atoms with Gasteiger partial charge in [0.25, 0.3) is 5.91 Å². The second-order valence-corrected chi connectivity index (χ2v) is 5.97. The first-order valence-corrected chi connectivity index (χ1v) is 7.99. The molecule has 0 bridgehead atoms. The summed E-state index contributed by atoms with van der Waals surface area (Å²) in [5.41, 5.74) is 2.39. The molecule has 24 heavy (non-hydrogen) atoms. The fraction of sp³-hybridized carbons (Fsp3) is 0.278. The van der Waals surface area contributed by atoms with Gasteiger partial charge in [-0.1, -0.05) is 40.6 Å². The molecule has 0 radical (unpaired) electrons. The third kappa shape index (κ3) is 2.60. The lowest BCUT2D eigenvalue weighted by Crippen LogP contribution is -2.30. The summed E-state index contributed by atoms with van der Waals surface area (Å²) in [4.78, 5) is 14.6. The zero-order valence-corrected chi connectivity index (χ0v) is 13.3. The Bertz CT molecular complexity index is 853. The lowest BCUT2D eigenvalue weighted by molar-refractivity contribution is 0.0672. The van der Waals surface area contributed by atoms with Crippen molar-refractivity contribution in [1.29, 1.82) is 0 Å². The van der Waals surface area contributed by atoms with Gasteiger partial charge in [0, 0.05) is 24.2 Å². The zero-order chi connectivity index (χ0) is 16.5. The van der Waals surface area contributed by atoms with Gasteiger partial charge in [0.2, 0.25) is 5.76 Å². The Morgan fingerprint density at radius 1 is 1.17 bits per heavy atom. The van der Waals surface area contributed by atoms with E-state index in [9.17, 15) is 4.79 Å². The molecule has 0 aliphatic carbocycles. The van der Waals surface area contributed by atoms with E-state index in [1.807, 2.05) is 43.3 Å². The summed E-state index contributed by atoms with van der Waals surface area (Å²) >= 11 is 0. The lowest BCUT2D eigenvalue weighted by atomic mass is 10.1. The molecule has 1 aliphatic heterocycles. The van der Waals surface area contributed by atoms with Gasteiger partial charge < -0.3 is 13.9 Å². The Morgan fingerprint density at radius 3 is 2.75 bits per heavy atom. The predicted molar refractivity (Wildman–Crippen MR) is 86.2 cm³/mol. The number of benzene rings is 1. The van der Waals surface area contributed by atoms with E-state index in [0.717, 1.165) is 29.9 Å². The van der Waals surface area contributed by atoms with Crippen LogP contribution in [0.1, 0.15) is 40.9 Å². The first-order valence-electron chi connectivity index (χ1n) is 7.99. The van der Waals surface area contributed by atoms with Crippen molar-refractivity contribution in [3.63, 3.8) is 0 Å². The molecule has 3 aromatic rings. The maximum atomic E-state index is 12.8. The molecule has 6 heteroatoms.